The normalized spacial score (nSPS) is 15.0. The third-order valence-corrected chi connectivity index (χ3v) is 7.82. The van der Waals surface area contributed by atoms with Gasteiger partial charge in [-0.2, -0.15) is 8.42 Å². The minimum atomic E-state index is -4.00. The number of nitrogens with one attached hydrogen (secondary N) is 2. The molecule has 0 radical (unpaired) electrons. The van der Waals surface area contributed by atoms with Crippen LogP contribution < -0.4 is 22.1 Å². The van der Waals surface area contributed by atoms with Crippen molar-refractivity contribution in [3.63, 3.8) is 0 Å². The van der Waals surface area contributed by atoms with Gasteiger partial charge in [-0.25, -0.2) is 0 Å². The van der Waals surface area contributed by atoms with E-state index >= 15 is 0 Å². The van der Waals surface area contributed by atoms with Gasteiger partial charge in [-0.1, -0.05) is 61.4 Å². The standard InChI is InChI=1S/C22H36BN5O4.C6H6O3S/c1-21(2,15-16-9-4-3-5-10-16)28-19(30)22(12-6-7-13-22)18(29)27-17(23(31)32)11-8-14-26-20(24)25;7-10(8,9)6-4-2-1-3-5-6/h3-5,9-10,17,31-32H,6-8,11-15H2,1-2H3,(H,27,29)(H,28,30)(H4,24,25,26);1-5H,(H,7,8,9). The lowest BCUT2D eigenvalue weighted by Crippen LogP contribution is -2.58. The highest BCUT2D eigenvalue weighted by Crippen LogP contribution is 2.39. The Balaban J connectivity index is 0.000000518. The Morgan fingerprint density at radius 3 is 2.02 bits per heavy atom. The van der Waals surface area contributed by atoms with E-state index in [9.17, 15) is 28.1 Å². The summed E-state index contributed by atoms with van der Waals surface area (Å²) in [5, 5.41) is 25.2. The van der Waals surface area contributed by atoms with Crippen LogP contribution in [-0.4, -0.2) is 65.9 Å². The number of carbonyl (C=O) groups excluding carboxylic acids is 2. The predicted octanol–water partition coefficient (Wildman–Crippen LogP) is 1.17. The van der Waals surface area contributed by atoms with Gasteiger partial charge in [0.05, 0.1) is 10.8 Å². The van der Waals surface area contributed by atoms with Gasteiger partial charge in [-0.15, -0.1) is 0 Å². The van der Waals surface area contributed by atoms with E-state index in [4.69, 9.17) is 16.0 Å². The summed E-state index contributed by atoms with van der Waals surface area (Å²) in [5.74, 6) is -1.75. The van der Waals surface area contributed by atoms with Crippen molar-refractivity contribution in [2.75, 3.05) is 6.54 Å². The van der Waals surface area contributed by atoms with Crippen molar-refractivity contribution in [1.29, 1.82) is 0 Å². The van der Waals surface area contributed by atoms with Crippen molar-refractivity contribution in [1.82, 2.24) is 10.6 Å². The number of benzene rings is 2. The number of nitrogens with zero attached hydrogens (tertiary/aromatic N) is 1. The first-order valence-electron chi connectivity index (χ1n) is 13.8. The topological polar surface area (TPSA) is 217 Å². The van der Waals surface area contributed by atoms with Gasteiger partial charge >= 0.3 is 7.12 Å². The van der Waals surface area contributed by atoms with Crippen molar-refractivity contribution >= 4 is 35.0 Å². The predicted molar refractivity (Wildman–Crippen MR) is 162 cm³/mol. The molecule has 0 bridgehead atoms. The number of rotatable bonds is 12. The van der Waals surface area contributed by atoms with E-state index in [-0.39, 0.29) is 23.2 Å². The van der Waals surface area contributed by atoms with E-state index in [0.717, 1.165) is 18.4 Å². The van der Waals surface area contributed by atoms with Crippen LogP contribution in [0.2, 0.25) is 0 Å². The Labute approximate surface area is 247 Å². The molecule has 0 heterocycles. The number of hydrogen-bond donors (Lipinski definition) is 7. The Bertz CT molecular complexity index is 1280. The van der Waals surface area contributed by atoms with Gasteiger partial charge in [0.1, 0.15) is 5.41 Å². The molecule has 1 aliphatic rings. The largest absolute Gasteiger partial charge is 0.475 e. The van der Waals surface area contributed by atoms with Crippen molar-refractivity contribution in [3.8, 4) is 0 Å². The smallest absolute Gasteiger partial charge is 0.426 e. The lowest BCUT2D eigenvalue weighted by Gasteiger charge is -2.34. The van der Waals surface area contributed by atoms with Crippen LogP contribution in [-0.2, 0) is 26.1 Å². The van der Waals surface area contributed by atoms with Crippen molar-refractivity contribution in [2.24, 2.45) is 21.9 Å². The highest BCUT2D eigenvalue weighted by molar-refractivity contribution is 7.85. The summed E-state index contributed by atoms with van der Waals surface area (Å²) >= 11 is 0. The fraction of sp³-hybridized carbons (Fsp3) is 0.464. The highest BCUT2D eigenvalue weighted by Gasteiger charge is 2.50. The van der Waals surface area contributed by atoms with Crippen LogP contribution in [0.4, 0.5) is 0 Å². The second kappa shape index (κ2) is 15.7. The van der Waals surface area contributed by atoms with Crippen LogP contribution in [0, 0.1) is 5.41 Å². The molecule has 0 aliphatic heterocycles. The first-order chi connectivity index (χ1) is 19.7. The van der Waals surface area contributed by atoms with Gasteiger partial charge < -0.3 is 32.1 Å². The third-order valence-electron chi connectivity index (χ3n) is 6.95. The van der Waals surface area contributed by atoms with Gasteiger partial charge in [0.25, 0.3) is 10.1 Å². The summed E-state index contributed by atoms with van der Waals surface area (Å²) in [6, 6.07) is 17.3. The van der Waals surface area contributed by atoms with E-state index in [2.05, 4.69) is 15.6 Å². The van der Waals surface area contributed by atoms with Crippen LogP contribution in [0.3, 0.4) is 0 Å². The van der Waals surface area contributed by atoms with Crippen LogP contribution in [0.15, 0.2) is 70.6 Å². The molecule has 42 heavy (non-hydrogen) atoms. The number of carbonyl (C=O) groups is 2. The molecule has 12 nitrogen and oxygen atoms in total. The van der Waals surface area contributed by atoms with Crippen LogP contribution >= 0.6 is 0 Å². The lowest BCUT2D eigenvalue weighted by molar-refractivity contribution is -0.144. The molecular formula is C28H42BN5O7S. The molecule has 1 atom stereocenters. The molecule has 9 N–H and O–H groups in total. The summed E-state index contributed by atoms with van der Waals surface area (Å²) in [7, 11) is -5.76. The van der Waals surface area contributed by atoms with Gasteiger partial charge in [-0.3, -0.25) is 19.1 Å². The minimum absolute atomic E-state index is 0.0465. The van der Waals surface area contributed by atoms with Crippen molar-refractivity contribution in [2.45, 2.75) is 75.2 Å². The molecule has 1 fully saturated rings. The molecule has 2 amide bonds. The molecule has 3 rings (SSSR count). The summed E-state index contributed by atoms with van der Waals surface area (Å²) in [6.07, 6.45) is 3.71. The molecule has 1 saturated carbocycles. The molecular weight excluding hydrogens is 561 g/mol. The van der Waals surface area contributed by atoms with Crippen molar-refractivity contribution in [3.05, 3.63) is 66.2 Å². The van der Waals surface area contributed by atoms with E-state index in [1.807, 2.05) is 44.2 Å². The number of nitrogens with two attached hydrogens (primary N) is 2. The average molecular weight is 604 g/mol. The summed E-state index contributed by atoms with van der Waals surface area (Å²) < 4.78 is 29.2. The number of aliphatic imine (C=N–C) groups is 1. The van der Waals surface area contributed by atoms with Crippen molar-refractivity contribution < 1.29 is 32.6 Å². The third kappa shape index (κ3) is 11.1. The number of amides is 2. The van der Waals surface area contributed by atoms with Gasteiger partial charge in [0.2, 0.25) is 11.8 Å². The summed E-state index contributed by atoms with van der Waals surface area (Å²) in [6.45, 7) is 4.17. The highest BCUT2D eigenvalue weighted by atomic mass is 32.2. The van der Waals surface area contributed by atoms with Crippen LogP contribution in [0.5, 0.6) is 0 Å². The summed E-state index contributed by atoms with van der Waals surface area (Å²) in [5.41, 5.74) is 9.91. The van der Waals surface area contributed by atoms with Gasteiger partial charge in [0.15, 0.2) is 5.96 Å². The summed E-state index contributed by atoms with van der Waals surface area (Å²) in [4.78, 5) is 30.4. The van der Waals surface area contributed by atoms with Crippen LogP contribution in [0.25, 0.3) is 0 Å². The molecule has 2 aromatic rings. The zero-order chi connectivity index (χ0) is 31.4. The zero-order valence-electron chi connectivity index (χ0n) is 24.1. The maximum absolute atomic E-state index is 13.4. The Hall–Kier alpha value is -3.46. The first-order valence-corrected chi connectivity index (χ1v) is 15.2. The molecule has 0 spiro atoms. The molecule has 1 aliphatic carbocycles. The molecule has 1 unspecified atom stereocenters. The monoisotopic (exact) mass is 603 g/mol. The van der Waals surface area contributed by atoms with E-state index in [0.29, 0.717) is 32.2 Å². The Morgan fingerprint density at radius 2 is 1.55 bits per heavy atom. The van der Waals surface area contributed by atoms with E-state index < -0.39 is 40.0 Å². The quantitative estimate of drug-likeness (QED) is 0.0462. The first kappa shape index (κ1) is 34.7. The molecule has 0 saturated heterocycles. The van der Waals surface area contributed by atoms with E-state index in [1.165, 1.54) is 12.1 Å². The molecule has 2 aromatic carbocycles. The number of hydrogen-bond acceptors (Lipinski definition) is 7. The van der Waals surface area contributed by atoms with Crippen LogP contribution in [0.1, 0.15) is 57.9 Å². The fourth-order valence-electron chi connectivity index (χ4n) is 4.83. The average Bonchev–Trinajstić information content (AvgIpc) is 3.42. The molecule has 230 valence electrons. The number of guanidine groups is 1. The van der Waals surface area contributed by atoms with E-state index in [1.54, 1.807) is 18.2 Å². The van der Waals surface area contributed by atoms with Gasteiger partial charge in [-0.05, 0) is 63.6 Å². The molecule has 14 heteroatoms. The Kier molecular flexibility index (Phi) is 13.0. The lowest BCUT2D eigenvalue weighted by atomic mass is 9.75. The SMILES string of the molecule is CC(C)(Cc1ccccc1)NC(=O)C1(C(=O)NC(CCCN=C(N)N)B(O)O)CCCC1.O=S(=O)(O)c1ccccc1. The second-order valence-corrected chi connectivity index (χ2v) is 12.4. The van der Waals surface area contributed by atoms with Gasteiger partial charge in [0, 0.05) is 12.1 Å². The molecule has 0 aromatic heterocycles. The maximum Gasteiger partial charge on any atom is 0.475 e. The zero-order valence-corrected chi connectivity index (χ0v) is 24.9. The Morgan fingerprint density at radius 1 is 1.00 bits per heavy atom. The second-order valence-electron chi connectivity index (χ2n) is 11.0. The fourth-order valence-corrected chi connectivity index (χ4v) is 5.33. The maximum atomic E-state index is 13.4. The minimum Gasteiger partial charge on any atom is -0.426 e.